The molecule has 4 aliphatic rings. The maximum absolute atomic E-state index is 12.8. The molecule has 0 saturated heterocycles. The van der Waals surface area contributed by atoms with Gasteiger partial charge in [-0.1, -0.05) is 135 Å². The second-order valence-corrected chi connectivity index (χ2v) is 19.5. The molecule has 3 saturated carbocycles. The Bertz CT molecular complexity index is 1200. The van der Waals surface area contributed by atoms with Crippen LogP contribution in [0.3, 0.4) is 0 Å². The first-order valence-electron chi connectivity index (χ1n) is 23.5. The molecule has 0 aliphatic heterocycles. The Morgan fingerprint density at radius 3 is 2.24 bits per heavy atom. The molecule has 0 aromatic heterocycles. The highest BCUT2D eigenvalue weighted by Gasteiger charge is 2.59. The number of Topliss-reactive ketones (excluding diaryl/α,β-unsaturated/α-hetero) is 1. The average Bonchev–Trinajstić information content (AvgIpc) is 3.50. The SMILES string of the molecule is CCCCCC=CCC=CCCCCCCCCC(=O)CCCNC(=O)OC1CCC2(C)C(=CCC3C2CCC2(C)C(C(C)CCCC(C)C)CCC32)C1. The van der Waals surface area contributed by atoms with Crippen molar-refractivity contribution in [1.29, 1.82) is 0 Å². The summed E-state index contributed by atoms with van der Waals surface area (Å²) in [5.41, 5.74) is 2.36. The molecule has 0 aromatic rings. The van der Waals surface area contributed by atoms with Crippen LogP contribution in [0.15, 0.2) is 36.0 Å². The third-order valence-corrected chi connectivity index (χ3v) is 15.1. The molecule has 54 heavy (non-hydrogen) atoms. The molecule has 0 heterocycles. The fraction of sp³-hybridized carbons (Fsp3) is 0.840. The normalized spacial score (nSPS) is 29.9. The monoisotopic (exact) mass is 748 g/mol. The summed E-state index contributed by atoms with van der Waals surface area (Å²) in [4.78, 5) is 25.2. The summed E-state index contributed by atoms with van der Waals surface area (Å²) in [6, 6.07) is 0. The van der Waals surface area contributed by atoms with Crippen LogP contribution in [0.5, 0.6) is 0 Å². The Hall–Kier alpha value is -1.84. The molecule has 8 atom stereocenters. The van der Waals surface area contributed by atoms with Gasteiger partial charge in [0.2, 0.25) is 0 Å². The van der Waals surface area contributed by atoms with Crippen molar-refractivity contribution >= 4 is 11.9 Å². The minimum Gasteiger partial charge on any atom is -0.446 e. The second-order valence-electron chi connectivity index (χ2n) is 19.5. The van der Waals surface area contributed by atoms with E-state index in [1.54, 1.807) is 5.57 Å². The van der Waals surface area contributed by atoms with Gasteiger partial charge in [0.05, 0.1) is 0 Å². The van der Waals surface area contributed by atoms with Crippen LogP contribution in [0.2, 0.25) is 0 Å². The number of alkyl carbamates (subject to hydrolysis) is 1. The van der Waals surface area contributed by atoms with Crippen LogP contribution in [-0.4, -0.2) is 24.5 Å². The summed E-state index contributed by atoms with van der Waals surface area (Å²) in [7, 11) is 0. The number of ketones is 1. The molecular formula is C50H85NO3. The summed E-state index contributed by atoms with van der Waals surface area (Å²) >= 11 is 0. The summed E-state index contributed by atoms with van der Waals surface area (Å²) in [5.74, 6) is 5.39. The molecule has 4 aliphatic carbocycles. The van der Waals surface area contributed by atoms with Crippen molar-refractivity contribution in [2.24, 2.45) is 46.3 Å². The van der Waals surface area contributed by atoms with Gasteiger partial charge in [0.25, 0.3) is 0 Å². The van der Waals surface area contributed by atoms with Gasteiger partial charge >= 0.3 is 6.09 Å². The zero-order chi connectivity index (χ0) is 38.8. The fourth-order valence-electron chi connectivity index (χ4n) is 11.9. The first-order chi connectivity index (χ1) is 26.1. The number of unbranched alkanes of at least 4 members (excludes halogenated alkanes) is 9. The first kappa shape index (κ1) is 44.9. The van der Waals surface area contributed by atoms with Crippen molar-refractivity contribution in [1.82, 2.24) is 5.32 Å². The molecule has 8 unspecified atom stereocenters. The lowest BCUT2D eigenvalue weighted by atomic mass is 9.47. The number of carbonyl (C=O) groups is 2. The Morgan fingerprint density at radius 2 is 1.50 bits per heavy atom. The van der Waals surface area contributed by atoms with E-state index in [2.05, 4.69) is 77.2 Å². The molecule has 0 radical (unpaired) electrons. The summed E-state index contributed by atoms with van der Waals surface area (Å²) in [6.07, 6.45) is 42.1. The van der Waals surface area contributed by atoms with Crippen LogP contribution in [-0.2, 0) is 9.53 Å². The van der Waals surface area contributed by atoms with Crippen LogP contribution < -0.4 is 5.32 Å². The van der Waals surface area contributed by atoms with Crippen molar-refractivity contribution in [3.8, 4) is 0 Å². The van der Waals surface area contributed by atoms with Crippen LogP contribution >= 0.6 is 0 Å². The van der Waals surface area contributed by atoms with E-state index in [0.717, 1.165) is 74.0 Å². The molecule has 3 fully saturated rings. The number of hydrogen-bond acceptors (Lipinski definition) is 3. The standard InChI is InChI=1S/C50H85NO3/c1-7-8-9-10-11-12-13-14-15-16-17-18-19-20-21-22-27-42(52)28-24-37-51-48(53)54-43-33-35-49(5)41(38-43)29-30-44-46-32-31-45(40(4)26-23-25-39(2)3)50(46,6)36-34-47(44)49/h11-12,14-15,29,39-40,43-47H,7-10,13,16-28,30-38H2,1-6H3,(H,51,53). The number of nitrogens with one attached hydrogen (secondary N) is 1. The highest BCUT2D eigenvalue weighted by Crippen LogP contribution is 2.67. The number of rotatable bonds is 25. The predicted octanol–water partition coefficient (Wildman–Crippen LogP) is 14.7. The molecule has 0 aromatic carbocycles. The van der Waals surface area contributed by atoms with Gasteiger partial charge in [0, 0.05) is 25.8 Å². The van der Waals surface area contributed by atoms with E-state index in [1.165, 1.54) is 109 Å². The largest absolute Gasteiger partial charge is 0.446 e. The van der Waals surface area contributed by atoms with Gasteiger partial charge < -0.3 is 10.1 Å². The highest BCUT2D eigenvalue weighted by molar-refractivity contribution is 5.78. The Kier molecular flexibility index (Phi) is 19.4. The third kappa shape index (κ3) is 13.4. The lowest BCUT2D eigenvalue weighted by Gasteiger charge is -2.58. The molecular weight excluding hydrogens is 663 g/mol. The summed E-state index contributed by atoms with van der Waals surface area (Å²) in [6.45, 7) is 15.3. The van der Waals surface area contributed by atoms with Crippen molar-refractivity contribution < 1.29 is 14.3 Å². The van der Waals surface area contributed by atoms with Gasteiger partial charge in [-0.3, -0.25) is 4.79 Å². The lowest BCUT2D eigenvalue weighted by molar-refractivity contribution is -0.119. The molecule has 1 amide bonds. The van der Waals surface area contributed by atoms with E-state index in [4.69, 9.17) is 4.74 Å². The minimum absolute atomic E-state index is 0.0253. The van der Waals surface area contributed by atoms with Crippen LogP contribution in [0, 0.1) is 46.3 Å². The van der Waals surface area contributed by atoms with Gasteiger partial charge in [0.1, 0.15) is 11.9 Å². The number of ether oxygens (including phenoxy) is 1. The number of amides is 1. The molecule has 4 rings (SSSR count). The molecule has 4 heteroatoms. The Morgan fingerprint density at radius 1 is 0.796 bits per heavy atom. The van der Waals surface area contributed by atoms with Crippen molar-refractivity contribution in [3.63, 3.8) is 0 Å². The van der Waals surface area contributed by atoms with E-state index in [9.17, 15) is 9.59 Å². The topological polar surface area (TPSA) is 55.4 Å². The summed E-state index contributed by atoms with van der Waals surface area (Å²) in [5, 5.41) is 2.96. The predicted molar refractivity (Wildman–Crippen MR) is 230 cm³/mol. The van der Waals surface area contributed by atoms with Gasteiger partial charge in [-0.2, -0.15) is 0 Å². The van der Waals surface area contributed by atoms with Crippen LogP contribution in [0.1, 0.15) is 208 Å². The first-order valence-corrected chi connectivity index (χ1v) is 23.5. The quantitative estimate of drug-likeness (QED) is 0.0747. The summed E-state index contributed by atoms with van der Waals surface area (Å²) < 4.78 is 5.98. The van der Waals surface area contributed by atoms with Gasteiger partial charge in [-0.15, -0.1) is 0 Å². The molecule has 0 bridgehead atoms. The minimum atomic E-state index is -0.302. The van der Waals surface area contributed by atoms with E-state index >= 15 is 0 Å². The lowest BCUT2D eigenvalue weighted by Crippen LogP contribution is -2.51. The van der Waals surface area contributed by atoms with E-state index in [0.29, 0.717) is 37.0 Å². The van der Waals surface area contributed by atoms with Gasteiger partial charge in [0.15, 0.2) is 0 Å². The number of fused-ring (bicyclic) bond motifs is 5. The van der Waals surface area contributed by atoms with Crippen molar-refractivity contribution in [2.45, 2.75) is 215 Å². The Labute approximate surface area is 334 Å². The van der Waals surface area contributed by atoms with Gasteiger partial charge in [-0.25, -0.2) is 4.79 Å². The average molecular weight is 748 g/mol. The third-order valence-electron chi connectivity index (χ3n) is 15.1. The van der Waals surface area contributed by atoms with Crippen molar-refractivity contribution in [2.75, 3.05) is 6.54 Å². The molecule has 1 N–H and O–H groups in total. The van der Waals surface area contributed by atoms with E-state index in [-0.39, 0.29) is 17.6 Å². The number of carbonyl (C=O) groups excluding carboxylic acids is 2. The van der Waals surface area contributed by atoms with Crippen LogP contribution in [0.4, 0.5) is 4.79 Å². The maximum Gasteiger partial charge on any atom is 0.407 e. The van der Waals surface area contributed by atoms with Gasteiger partial charge in [-0.05, 0) is 136 Å². The molecule has 0 spiro atoms. The van der Waals surface area contributed by atoms with E-state index < -0.39 is 0 Å². The highest BCUT2D eigenvalue weighted by atomic mass is 16.6. The second kappa shape index (κ2) is 23.4. The van der Waals surface area contributed by atoms with Crippen molar-refractivity contribution in [3.05, 3.63) is 36.0 Å². The van der Waals surface area contributed by atoms with E-state index in [1.807, 2.05) is 0 Å². The molecule has 4 nitrogen and oxygen atoms in total. The zero-order valence-electron chi connectivity index (χ0n) is 36.2. The number of hydrogen-bond donors (Lipinski definition) is 1. The zero-order valence-corrected chi connectivity index (χ0v) is 36.2. The fourth-order valence-corrected chi connectivity index (χ4v) is 11.9. The molecule has 308 valence electrons. The van der Waals surface area contributed by atoms with Crippen LogP contribution in [0.25, 0.3) is 0 Å². The Balaban J connectivity index is 1.04. The maximum atomic E-state index is 12.8. The number of allylic oxidation sites excluding steroid dienone is 5. The smallest absolute Gasteiger partial charge is 0.407 e.